The van der Waals surface area contributed by atoms with Crippen LogP contribution >= 0.6 is 11.7 Å². The lowest BCUT2D eigenvalue weighted by atomic mass is 10.3. The van der Waals surface area contributed by atoms with Gasteiger partial charge in [0.15, 0.2) is 11.6 Å². The van der Waals surface area contributed by atoms with E-state index in [0.29, 0.717) is 40.1 Å². The van der Waals surface area contributed by atoms with Crippen molar-refractivity contribution in [2.75, 3.05) is 16.6 Å². The number of nitrogens with zero attached hydrogens (tertiary/aromatic N) is 4. The first-order chi connectivity index (χ1) is 16.0. The molecular weight excluding hydrogens is 460 g/mol. The van der Waals surface area contributed by atoms with Crippen molar-refractivity contribution >= 4 is 61.1 Å². The quantitative estimate of drug-likeness (QED) is 0.349. The Morgan fingerprint density at radius 1 is 0.848 bits per heavy atom. The van der Waals surface area contributed by atoms with Crippen LogP contribution in [-0.4, -0.2) is 33.7 Å². The van der Waals surface area contributed by atoms with E-state index in [1.165, 1.54) is 6.07 Å². The molecule has 9 nitrogen and oxygen atoms in total. The Bertz CT molecular complexity index is 1570. The molecule has 166 valence electrons. The zero-order valence-corrected chi connectivity index (χ0v) is 19.0. The maximum Gasteiger partial charge on any atom is 0.265 e. The van der Waals surface area contributed by atoms with Gasteiger partial charge < -0.3 is 10.1 Å². The van der Waals surface area contributed by atoms with Crippen LogP contribution in [0.1, 0.15) is 6.92 Å². The molecule has 2 N–H and O–H groups in total. The minimum absolute atomic E-state index is 0.0179. The first kappa shape index (κ1) is 21.0. The van der Waals surface area contributed by atoms with E-state index < -0.39 is 10.0 Å². The largest absolute Gasteiger partial charge is 0.492 e. The maximum absolute atomic E-state index is 13.3. The SMILES string of the molecule is CCOc1ccccc1Nc1nc2ccccc2nc1NS(=O)(=O)c1cccc2nsnc12. The van der Waals surface area contributed by atoms with Crippen LogP contribution in [0.25, 0.3) is 22.1 Å². The molecular formula is C22H18N6O3S2. The van der Waals surface area contributed by atoms with Gasteiger partial charge in [-0.05, 0) is 43.3 Å². The number of para-hydroxylation sites is 4. The van der Waals surface area contributed by atoms with Crippen LogP contribution in [0.2, 0.25) is 0 Å². The molecule has 0 bridgehead atoms. The topological polar surface area (TPSA) is 119 Å². The smallest absolute Gasteiger partial charge is 0.265 e. The summed E-state index contributed by atoms with van der Waals surface area (Å²) in [5, 5.41) is 3.17. The summed E-state index contributed by atoms with van der Waals surface area (Å²) in [6.45, 7) is 2.37. The Morgan fingerprint density at radius 2 is 1.55 bits per heavy atom. The number of rotatable bonds is 7. The highest BCUT2D eigenvalue weighted by atomic mass is 32.2. The Morgan fingerprint density at radius 3 is 2.33 bits per heavy atom. The summed E-state index contributed by atoms with van der Waals surface area (Å²) in [6, 6.07) is 19.4. The molecule has 33 heavy (non-hydrogen) atoms. The first-order valence-corrected chi connectivity index (χ1v) is 12.3. The minimum atomic E-state index is -4.03. The number of hydrogen-bond acceptors (Lipinski definition) is 9. The lowest BCUT2D eigenvalue weighted by molar-refractivity contribution is 0.342. The molecule has 0 atom stereocenters. The third kappa shape index (κ3) is 4.15. The summed E-state index contributed by atoms with van der Waals surface area (Å²) < 4.78 is 43.2. The van der Waals surface area contributed by atoms with E-state index in [2.05, 4.69) is 28.8 Å². The molecule has 5 aromatic rings. The van der Waals surface area contributed by atoms with Crippen molar-refractivity contribution in [2.24, 2.45) is 0 Å². The highest BCUT2D eigenvalue weighted by Crippen LogP contribution is 2.32. The van der Waals surface area contributed by atoms with Crippen molar-refractivity contribution in [1.82, 2.24) is 18.7 Å². The Hall–Kier alpha value is -3.83. The normalized spacial score (nSPS) is 11.5. The fourth-order valence-electron chi connectivity index (χ4n) is 3.32. The van der Waals surface area contributed by atoms with Gasteiger partial charge >= 0.3 is 0 Å². The van der Waals surface area contributed by atoms with E-state index >= 15 is 0 Å². The number of aromatic nitrogens is 4. The van der Waals surface area contributed by atoms with Gasteiger partial charge in [0, 0.05) is 0 Å². The van der Waals surface area contributed by atoms with E-state index in [1.807, 2.05) is 49.4 Å². The molecule has 3 aromatic carbocycles. The summed E-state index contributed by atoms with van der Waals surface area (Å²) in [6.07, 6.45) is 0. The van der Waals surface area contributed by atoms with Crippen molar-refractivity contribution in [1.29, 1.82) is 0 Å². The van der Waals surface area contributed by atoms with Crippen LogP contribution in [0.15, 0.2) is 71.6 Å². The van der Waals surface area contributed by atoms with Gasteiger partial charge in [0.05, 0.1) is 35.1 Å². The van der Waals surface area contributed by atoms with E-state index in [0.717, 1.165) is 11.7 Å². The second-order valence-electron chi connectivity index (χ2n) is 6.96. The number of ether oxygens (including phenoxy) is 1. The third-order valence-corrected chi connectivity index (χ3v) is 6.69. The van der Waals surface area contributed by atoms with Gasteiger partial charge in [-0.25, -0.2) is 18.4 Å². The number of nitrogens with one attached hydrogen (secondary N) is 2. The van der Waals surface area contributed by atoms with Crippen molar-refractivity contribution in [3.8, 4) is 5.75 Å². The molecule has 0 radical (unpaired) electrons. The van der Waals surface area contributed by atoms with Crippen LogP contribution in [0.4, 0.5) is 17.3 Å². The summed E-state index contributed by atoms with van der Waals surface area (Å²) in [7, 11) is -4.03. The third-order valence-electron chi connectivity index (χ3n) is 4.78. The van der Waals surface area contributed by atoms with Gasteiger partial charge in [-0.2, -0.15) is 8.75 Å². The van der Waals surface area contributed by atoms with Gasteiger partial charge in [0.25, 0.3) is 10.0 Å². The first-order valence-electron chi connectivity index (χ1n) is 10.0. The van der Waals surface area contributed by atoms with E-state index in [-0.39, 0.29) is 16.5 Å². The molecule has 0 aliphatic heterocycles. The monoisotopic (exact) mass is 478 g/mol. The second kappa shape index (κ2) is 8.60. The van der Waals surface area contributed by atoms with Crippen LogP contribution in [0.5, 0.6) is 5.75 Å². The molecule has 0 aliphatic rings. The van der Waals surface area contributed by atoms with E-state index in [9.17, 15) is 8.42 Å². The van der Waals surface area contributed by atoms with Crippen molar-refractivity contribution < 1.29 is 13.2 Å². The number of anilines is 3. The Balaban J connectivity index is 1.61. The minimum Gasteiger partial charge on any atom is -0.492 e. The van der Waals surface area contributed by atoms with E-state index in [1.54, 1.807) is 18.2 Å². The average molecular weight is 479 g/mol. The Kier molecular flexibility index (Phi) is 5.48. The molecule has 0 amide bonds. The fraction of sp³-hybridized carbons (Fsp3) is 0.0909. The van der Waals surface area contributed by atoms with Gasteiger partial charge in [0.2, 0.25) is 0 Å². The molecule has 0 saturated heterocycles. The van der Waals surface area contributed by atoms with Crippen LogP contribution in [0.3, 0.4) is 0 Å². The van der Waals surface area contributed by atoms with Crippen molar-refractivity contribution in [3.05, 3.63) is 66.7 Å². The molecule has 0 aliphatic carbocycles. The van der Waals surface area contributed by atoms with Crippen molar-refractivity contribution in [2.45, 2.75) is 11.8 Å². The highest BCUT2D eigenvalue weighted by Gasteiger charge is 2.23. The van der Waals surface area contributed by atoms with Crippen LogP contribution in [0, 0.1) is 0 Å². The molecule has 0 spiro atoms. The predicted molar refractivity (Wildman–Crippen MR) is 129 cm³/mol. The lowest BCUT2D eigenvalue weighted by Gasteiger charge is -2.16. The molecule has 0 saturated carbocycles. The number of sulfonamides is 1. The average Bonchev–Trinajstić information content (AvgIpc) is 3.29. The van der Waals surface area contributed by atoms with E-state index in [4.69, 9.17) is 4.74 Å². The van der Waals surface area contributed by atoms with Gasteiger partial charge in [0.1, 0.15) is 21.7 Å². The molecule has 0 fully saturated rings. The van der Waals surface area contributed by atoms with Crippen LogP contribution in [-0.2, 0) is 10.0 Å². The van der Waals surface area contributed by atoms with Gasteiger partial charge in [-0.15, -0.1) is 0 Å². The maximum atomic E-state index is 13.3. The molecule has 0 unspecified atom stereocenters. The van der Waals surface area contributed by atoms with Gasteiger partial charge in [-0.3, -0.25) is 4.72 Å². The Labute approximate surface area is 193 Å². The number of benzene rings is 3. The zero-order valence-electron chi connectivity index (χ0n) is 17.4. The van der Waals surface area contributed by atoms with Gasteiger partial charge in [-0.1, -0.05) is 30.3 Å². The summed E-state index contributed by atoms with van der Waals surface area (Å²) in [5.41, 5.74) is 2.61. The highest BCUT2D eigenvalue weighted by molar-refractivity contribution is 7.93. The standard InChI is InChI=1S/C22H18N6O3S2/c1-2-31-18-12-6-5-10-16(18)25-21-22(24-15-9-4-3-8-14(15)23-21)28-33(29,30)19-13-7-11-17-20(19)27-32-26-17/h3-13H,2H2,1H3,(H,23,25)(H,24,28). The molecule has 11 heteroatoms. The zero-order chi connectivity index (χ0) is 22.8. The van der Waals surface area contributed by atoms with Crippen molar-refractivity contribution in [3.63, 3.8) is 0 Å². The second-order valence-corrected chi connectivity index (χ2v) is 9.14. The van der Waals surface area contributed by atoms with Crippen LogP contribution < -0.4 is 14.8 Å². The molecule has 2 aromatic heterocycles. The predicted octanol–water partition coefficient (Wildman–Crippen LogP) is 4.58. The molecule has 5 rings (SSSR count). The summed E-state index contributed by atoms with van der Waals surface area (Å²) in [5.74, 6) is 0.912. The fourth-order valence-corrected chi connectivity index (χ4v) is 5.09. The number of hydrogen-bond donors (Lipinski definition) is 2. The molecule has 2 heterocycles. The lowest BCUT2D eigenvalue weighted by Crippen LogP contribution is -2.16. The summed E-state index contributed by atoms with van der Waals surface area (Å²) >= 11 is 0.956. The number of fused-ring (bicyclic) bond motifs is 2. The summed E-state index contributed by atoms with van der Waals surface area (Å²) in [4.78, 5) is 9.17.